The van der Waals surface area contributed by atoms with Crippen LogP contribution in [0, 0.1) is 0 Å². The van der Waals surface area contributed by atoms with E-state index >= 15 is 0 Å². The van der Waals surface area contributed by atoms with Crippen LogP contribution in [0.5, 0.6) is 5.75 Å². The number of hydrogen-bond acceptors (Lipinski definition) is 3. The third kappa shape index (κ3) is 4.45. The molecule has 0 radical (unpaired) electrons. The van der Waals surface area contributed by atoms with Crippen molar-refractivity contribution in [2.75, 3.05) is 20.6 Å². The van der Waals surface area contributed by atoms with Crippen molar-refractivity contribution < 1.29 is 5.11 Å². The summed E-state index contributed by atoms with van der Waals surface area (Å²) in [5, 5.41) is 13.4. The summed E-state index contributed by atoms with van der Waals surface area (Å²) in [7, 11) is 4.35. The Morgan fingerprint density at radius 1 is 1.19 bits per heavy atom. The van der Waals surface area contributed by atoms with Crippen LogP contribution in [0.1, 0.15) is 45.6 Å². The van der Waals surface area contributed by atoms with Crippen LogP contribution in [0.4, 0.5) is 0 Å². The first-order chi connectivity index (χ1) is 10.00. The van der Waals surface area contributed by atoms with Crippen molar-refractivity contribution in [3.05, 3.63) is 29.8 Å². The van der Waals surface area contributed by atoms with Gasteiger partial charge in [-0.1, -0.05) is 32.9 Å². The maximum absolute atomic E-state index is 9.70. The Kier molecular flexibility index (Phi) is 7.20. The Bertz CT molecular complexity index is 413. The topological polar surface area (TPSA) is 35.5 Å². The number of nitrogens with zero attached hydrogens (tertiary/aromatic N) is 1. The minimum Gasteiger partial charge on any atom is -0.508 e. The molecular formula is C18H32N2O. The van der Waals surface area contributed by atoms with Crippen LogP contribution in [-0.2, 0) is 6.42 Å². The van der Waals surface area contributed by atoms with Gasteiger partial charge in [-0.05, 0) is 64.0 Å². The molecule has 120 valence electrons. The molecule has 0 aliphatic heterocycles. The lowest BCUT2D eigenvalue weighted by Crippen LogP contribution is -2.59. The first-order valence-electron chi connectivity index (χ1n) is 8.18. The Morgan fingerprint density at radius 2 is 1.86 bits per heavy atom. The van der Waals surface area contributed by atoms with Gasteiger partial charge in [0.2, 0.25) is 0 Å². The number of aromatic hydroxyl groups is 1. The molecule has 1 aromatic rings. The predicted octanol–water partition coefficient (Wildman–Crippen LogP) is 3.42. The largest absolute Gasteiger partial charge is 0.508 e. The van der Waals surface area contributed by atoms with Crippen LogP contribution in [0.25, 0.3) is 0 Å². The molecule has 3 heteroatoms. The summed E-state index contributed by atoms with van der Waals surface area (Å²) in [6.45, 7) is 7.77. The molecule has 21 heavy (non-hydrogen) atoms. The molecule has 0 aliphatic rings. The lowest BCUT2D eigenvalue weighted by Gasteiger charge is -2.46. The first kappa shape index (κ1) is 18.0. The van der Waals surface area contributed by atoms with Crippen LogP contribution < -0.4 is 5.32 Å². The monoisotopic (exact) mass is 292 g/mol. The molecule has 0 spiro atoms. The van der Waals surface area contributed by atoms with Gasteiger partial charge >= 0.3 is 0 Å². The zero-order valence-electron chi connectivity index (χ0n) is 14.3. The van der Waals surface area contributed by atoms with Crippen LogP contribution in [0.15, 0.2) is 24.3 Å². The minimum absolute atomic E-state index is 0.140. The fraction of sp³-hybridized carbons (Fsp3) is 0.667. The van der Waals surface area contributed by atoms with Gasteiger partial charge in [-0.25, -0.2) is 0 Å². The average molecular weight is 292 g/mol. The fourth-order valence-electron chi connectivity index (χ4n) is 3.38. The maximum atomic E-state index is 9.70. The van der Waals surface area contributed by atoms with E-state index in [0.29, 0.717) is 11.8 Å². The molecule has 1 aromatic carbocycles. The van der Waals surface area contributed by atoms with Gasteiger partial charge in [0.05, 0.1) is 0 Å². The van der Waals surface area contributed by atoms with Crippen molar-refractivity contribution in [1.29, 1.82) is 0 Å². The number of phenols is 1. The molecule has 0 amide bonds. The zero-order valence-corrected chi connectivity index (χ0v) is 14.3. The fourth-order valence-corrected chi connectivity index (χ4v) is 3.38. The molecule has 1 unspecified atom stereocenters. The summed E-state index contributed by atoms with van der Waals surface area (Å²) in [5.74, 6) is 0.352. The molecule has 0 saturated carbocycles. The lowest BCUT2D eigenvalue weighted by molar-refractivity contribution is 0.0881. The minimum atomic E-state index is 0.140. The first-order valence-corrected chi connectivity index (χ1v) is 8.18. The van der Waals surface area contributed by atoms with E-state index in [1.165, 1.54) is 5.56 Å². The molecule has 0 aromatic heterocycles. The van der Waals surface area contributed by atoms with E-state index < -0.39 is 0 Å². The second kappa shape index (κ2) is 8.40. The highest BCUT2D eigenvalue weighted by Gasteiger charge is 2.37. The highest BCUT2D eigenvalue weighted by molar-refractivity contribution is 5.28. The van der Waals surface area contributed by atoms with Gasteiger partial charge in [0.15, 0.2) is 0 Å². The van der Waals surface area contributed by atoms with E-state index in [-0.39, 0.29) is 5.54 Å². The average Bonchev–Trinajstić information content (AvgIpc) is 2.46. The molecule has 2 N–H and O–H groups in total. The Morgan fingerprint density at radius 3 is 2.33 bits per heavy atom. The Balaban J connectivity index is 3.03. The van der Waals surface area contributed by atoms with Crippen LogP contribution in [0.2, 0.25) is 0 Å². The molecule has 0 aliphatic carbocycles. The summed E-state index contributed by atoms with van der Waals surface area (Å²) in [4.78, 5) is 2.36. The number of phenolic OH excluding ortho intramolecular Hbond substituents is 1. The van der Waals surface area contributed by atoms with E-state index in [1.54, 1.807) is 6.07 Å². The molecule has 3 nitrogen and oxygen atoms in total. The van der Waals surface area contributed by atoms with E-state index in [4.69, 9.17) is 0 Å². The third-order valence-electron chi connectivity index (χ3n) is 4.75. The molecular weight excluding hydrogens is 260 g/mol. The highest BCUT2D eigenvalue weighted by Crippen LogP contribution is 2.28. The quantitative estimate of drug-likeness (QED) is 0.732. The molecule has 1 rings (SSSR count). The van der Waals surface area contributed by atoms with Gasteiger partial charge in [-0.3, -0.25) is 0 Å². The molecule has 1 atom stereocenters. The van der Waals surface area contributed by atoms with Gasteiger partial charge in [0, 0.05) is 11.6 Å². The van der Waals surface area contributed by atoms with E-state index in [2.05, 4.69) is 51.1 Å². The SMILES string of the molecule is CCCNC(Cc1cccc(O)c1)C(CC)(CC)N(C)C. The molecule has 0 fully saturated rings. The number of rotatable bonds is 9. The van der Waals surface area contributed by atoms with Gasteiger partial charge in [0.1, 0.15) is 5.75 Å². The van der Waals surface area contributed by atoms with Gasteiger partial charge in [-0.2, -0.15) is 0 Å². The summed E-state index contributed by atoms with van der Waals surface area (Å²) >= 11 is 0. The number of hydrogen-bond donors (Lipinski definition) is 2. The smallest absolute Gasteiger partial charge is 0.115 e. The summed E-state index contributed by atoms with van der Waals surface area (Å²) in [6, 6.07) is 8.02. The highest BCUT2D eigenvalue weighted by atomic mass is 16.3. The standard InChI is InChI=1S/C18H32N2O/c1-6-12-19-17(18(7-2,8-3)20(4)5)14-15-10-9-11-16(21)13-15/h9-11,13,17,19,21H,6-8,12,14H2,1-5H3. The van der Waals surface area contributed by atoms with Gasteiger partial charge in [-0.15, -0.1) is 0 Å². The lowest BCUT2D eigenvalue weighted by atomic mass is 9.80. The van der Waals surface area contributed by atoms with Crippen LogP contribution >= 0.6 is 0 Å². The van der Waals surface area contributed by atoms with Crippen molar-refractivity contribution in [1.82, 2.24) is 10.2 Å². The Hall–Kier alpha value is -1.06. The van der Waals surface area contributed by atoms with E-state index in [0.717, 1.165) is 32.2 Å². The van der Waals surface area contributed by atoms with Crippen molar-refractivity contribution in [3.63, 3.8) is 0 Å². The third-order valence-corrected chi connectivity index (χ3v) is 4.75. The van der Waals surface area contributed by atoms with Crippen molar-refractivity contribution in [3.8, 4) is 5.75 Å². The van der Waals surface area contributed by atoms with Crippen LogP contribution in [-0.4, -0.2) is 42.2 Å². The number of likely N-dealkylation sites (N-methyl/N-ethyl adjacent to an activating group) is 1. The maximum Gasteiger partial charge on any atom is 0.115 e. The normalized spacial score (nSPS) is 13.6. The summed E-state index contributed by atoms with van der Waals surface area (Å²) in [5.41, 5.74) is 1.33. The van der Waals surface area contributed by atoms with Crippen LogP contribution in [0.3, 0.4) is 0 Å². The van der Waals surface area contributed by atoms with E-state index in [1.807, 2.05) is 12.1 Å². The molecule has 0 saturated heterocycles. The molecule has 0 heterocycles. The van der Waals surface area contributed by atoms with Gasteiger partial charge in [0.25, 0.3) is 0 Å². The van der Waals surface area contributed by atoms with Crippen molar-refractivity contribution in [2.24, 2.45) is 0 Å². The number of nitrogens with one attached hydrogen (secondary N) is 1. The molecule has 0 bridgehead atoms. The van der Waals surface area contributed by atoms with E-state index in [9.17, 15) is 5.11 Å². The zero-order chi connectivity index (χ0) is 15.9. The van der Waals surface area contributed by atoms with Crippen molar-refractivity contribution >= 4 is 0 Å². The summed E-state index contributed by atoms with van der Waals surface area (Å²) < 4.78 is 0. The Labute approximate surface area is 130 Å². The predicted molar refractivity (Wildman–Crippen MR) is 90.9 cm³/mol. The number of benzene rings is 1. The summed E-state index contributed by atoms with van der Waals surface area (Å²) in [6.07, 6.45) is 4.29. The second-order valence-electron chi connectivity index (χ2n) is 6.09. The van der Waals surface area contributed by atoms with Crippen molar-refractivity contribution in [2.45, 2.75) is 58.0 Å². The van der Waals surface area contributed by atoms with Gasteiger partial charge < -0.3 is 15.3 Å². The second-order valence-corrected chi connectivity index (χ2v) is 6.09.